The van der Waals surface area contributed by atoms with E-state index in [2.05, 4.69) is 44.2 Å². The van der Waals surface area contributed by atoms with Crippen LogP contribution < -0.4 is 9.47 Å². The van der Waals surface area contributed by atoms with Gasteiger partial charge in [0.25, 0.3) is 0 Å². The SMILES string of the molecule is COC1COc2c(-c3c(C)cc(OC4CCS(=O)CC4)cc3C)cccc21. The first-order chi connectivity index (χ1) is 13.1. The third-order valence-corrected chi connectivity index (χ3v) is 6.85. The lowest BCUT2D eigenvalue weighted by atomic mass is 9.93. The first-order valence-electron chi connectivity index (χ1n) is 9.48. The molecule has 1 saturated heterocycles. The van der Waals surface area contributed by atoms with E-state index in [0.717, 1.165) is 47.0 Å². The van der Waals surface area contributed by atoms with Gasteiger partial charge in [0.2, 0.25) is 0 Å². The van der Waals surface area contributed by atoms with Crippen molar-refractivity contribution in [2.24, 2.45) is 0 Å². The molecular weight excluding hydrogens is 360 g/mol. The lowest BCUT2D eigenvalue weighted by Crippen LogP contribution is -2.27. The van der Waals surface area contributed by atoms with Crippen LogP contribution in [-0.4, -0.2) is 35.5 Å². The number of methoxy groups -OCH3 is 1. The molecule has 4 rings (SSSR count). The van der Waals surface area contributed by atoms with E-state index in [1.54, 1.807) is 7.11 Å². The molecule has 0 radical (unpaired) electrons. The van der Waals surface area contributed by atoms with Gasteiger partial charge in [-0.05, 0) is 55.5 Å². The van der Waals surface area contributed by atoms with Crippen molar-refractivity contribution in [3.05, 3.63) is 47.0 Å². The number of ether oxygens (including phenoxy) is 3. The molecule has 2 aliphatic heterocycles. The Bertz CT molecular complexity index is 844. The van der Waals surface area contributed by atoms with Gasteiger partial charge in [-0.1, -0.05) is 18.2 Å². The van der Waals surface area contributed by atoms with Gasteiger partial charge >= 0.3 is 0 Å². The summed E-state index contributed by atoms with van der Waals surface area (Å²) in [5.41, 5.74) is 5.76. The Kier molecular flexibility index (Phi) is 5.24. The lowest BCUT2D eigenvalue weighted by Gasteiger charge is -2.24. The Hall–Kier alpha value is -1.85. The molecule has 1 atom stereocenters. The molecule has 0 aliphatic carbocycles. The van der Waals surface area contributed by atoms with E-state index in [1.807, 2.05) is 0 Å². The summed E-state index contributed by atoms with van der Waals surface area (Å²) >= 11 is 0. The minimum Gasteiger partial charge on any atom is -0.490 e. The maximum atomic E-state index is 11.5. The molecule has 5 heteroatoms. The molecule has 2 heterocycles. The number of aryl methyl sites for hydroxylation is 2. The van der Waals surface area contributed by atoms with Gasteiger partial charge in [0.1, 0.15) is 30.3 Å². The Morgan fingerprint density at radius 1 is 1.11 bits per heavy atom. The van der Waals surface area contributed by atoms with Gasteiger partial charge in [-0.15, -0.1) is 0 Å². The highest BCUT2D eigenvalue weighted by atomic mass is 32.2. The van der Waals surface area contributed by atoms with E-state index < -0.39 is 10.8 Å². The van der Waals surface area contributed by atoms with Crippen molar-refractivity contribution in [1.29, 1.82) is 0 Å². The topological polar surface area (TPSA) is 44.8 Å². The van der Waals surface area contributed by atoms with E-state index in [-0.39, 0.29) is 12.2 Å². The second-order valence-electron chi connectivity index (χ2n) is 7.36. The zero-order chi connectivity index (χ0) is 19.0. The predicted molar refractivity (Wildman–Crippen MR) is 108 cm³/mol. The highest BCUT2D eigenvalue weighted by molar-refractivity contribution is 7.85. The zero-order valence-electron chi connectivity index (χ0n) is 16.1. The first kappa shape index (κ1) is 18.5. The number of para-hydroxylation sites is 1. The maximum absolute atomic E-state index is 11.5. The summed E-state index contributed by atoms with van der Waals surface area (Å²) in [5, 5.41) is 0. The van der Waals surface area contributed by atoms with Crippen LogP contribution >= 0.6 is 0 Å². The van der Waals surface area contributed by atoms with E-state index in [0.29, 0.717) is 6.61 Å². The van der Waals surface area contributed by atoms with Gasteiger partial charge in [0.15, 0.2) is 0 Å². The maximum Gasteiger partial charge on any atom is 0.133 e. The molecule has 1 unspecified atom stereocenters. The van der Waals surface area contributed by atoms with Crippen LogP contribution in [0.2, 0.25) is 0 Å². The molecule has 4 nitrogen and oxygen atoms in total. The summed E-state index contributed by atoms with van der Waals surface area (Å²) in [6.07, 6.45) is 1.90. The van der Waals surface area contributed by atoms with E-state index >= 15 is 0 Å². The van der Waals surface area contributed by atoms with E-state index in [4.69, 9.17) is 14.2 Å². The highest BCUT2D eigenvalue weighted by Gasteiger charge is 2.27. The fourth-order valence-corrected chi connectivity index (χ4v) is 5.37. The van der Waals surface area contributed by atoms with Crippen molar-refractivity contribution in [3.63, 3.8) is 0 Å². The molecule has 0 N–H and O–H groups in total. The van der Waals surface area contributed by atoms with Crippen molar-refractivity contribution < 1.29 is 18.4 Å². The Morgan fingerprint density at radius 2 is 1.81 bits per heavy atom. The van der Waals surface area contributed by atoms with Crippen molar-refractivity contribution >= 4 is 10.8 Å². The minimum absolute atomic E-state index is 0.0000194. The standard InChI is InChI=1S/C22H26O4S/c1-14-11-17(26-16-7-9-27(23)10-8-16)12-15(2)21(14)19-6-4-5-18-20(24-3)13-25-22(18)19/h4-6,11-12,16,20H,7-10,13H2,1-3H3. The van der Waals surface area contributed by atoms with Gasteiger partial charge in [0.05, 0.1) is 0 Å². The fourth-order valence-electron chi connectivity index (χ4n) is 4.11. The number of benzene rings is 2. The van der Waals surface area contributed by atoms with Gasteiger partial charge in [0, 0.05) is 40.5 Å². The minimum atomic E-state index is -0.664. The number of hydrogen-bond acceptors (Lipinski definition) is 4. The Morgan fingerprint density at radius 3 is 2.48 bits per heavy atom. The molecule has 0 bridgehead atoms. The molecule has 0 spiro atoms. The van der Waals surface area contributed by atoms with Crippen molar-refractivity contribution in [3.8, 4) is 22.6 Å². The van der Waals surface area contributed by atoms with Crippen molar-refractivity contribution in [2.75, 3.05) is 25.2 Å². The van der Waals surface area contributed by atoms with Gasteiger partial charge in [-0.3, -0.25) is 4.21 Å². The predicted octanol–water partition coefficient (Wildman–Crippen LogP) is 4.34. The smallest absolute Gasteiger partial charge is 0.133 e. The largest absolute Gasteiger partial charge is 0.490 e. The van der Waals surface area contributed by atoms with Crippen molar-refractivity contribution in [1.82, 2.24) is 0 Å². The van der Waals surface area contributed by atoms with Crippen LogP contribution in [0.3, 0.4) is 0 Å². The highest BCUT2D eigenvalue weighted by Crippen LogP contribution is 2.44. The number of rotatable bonds is 4. The Labute approximate surface area is 163 Å². The third-order valence-electron chi connectivity index (χ3n) is 5.47. The molecule has 2 aromatic carbocycles. The van der Waals surface area contributed by atoms with Crippen LogP contribution in [-0.2, 0) is 15.5 Å². The van der Waals surface area contributed by atoms with Crippen molar-refractivity contribution in [2.45, 2.75) is 38.9 Å². The van der Waals surface area contributed by atoms with Crippen LogP contribution in [0.25, 0.3) is 11.1 Å². The third kappa shape index (κ3) is 3.63. The summed E-state index contributed by atoms with van der Waals surface area (Å²) in [5.74, 6) is 3.32. The van der Waals surface area contributed by atoms with Gasteiger partial charge < -0.3 is 14.2 Å². The van der Waals surface area contributed by atoms with Crippen LogP contribution in [0.15, 0.2) is 30.3 Å². The summed E-state index contributed by atoms with van der Waals surface area (Å²) in [6, 6.07) is 10.5. The summed E-state index contributed by atoms with van der Waals surface area (Å²) in [6.45, 7) is 4.80. The van der Waals surface area contributed by atoms with E-state index in [9.17, 15) is 4.21 Å². The van der Waals surface area contributed by atoms with Gasteiger partial charge in [-0.25, -0.2) is 0 Å². The molecular formula is C22H26O4S. The monoisotopic (exact) mass is 386 g/mol. The molecule has 2 aromatic rings. The summed E-state index contributed by atoms with van der Waals surface area (Å²) < 4.78 is 29.2. The Balaban J connectivity index is 1.64. The first-order valence-corrected chi connectivity index (χ1v) is 11.0. The summed E-state index contributed by atoms with van der Waals surface area (Å²) in [4.78, 5) is 0. The number of hydrogen-bond donors (Lipinski definition) is 0. The average Bonchev–Trinajstić information content (AvgIpc) is 3.07. The average molecular weight is 387 g/mol. The van der Waals surface area contributed by atoms with Gasteiger partial charge in [-0.2, -0.15) is 0 Å². The van der Waals surface area contributed by atoms with E-state index in [1.165, 1.54) is 16.7 Å². The molecule has 0 amide bonds. The summed E-state index contributed by atoms with van der Waals surface area (Å²) in [7, 11) is 1.06. The normalized spacial score (nSPS) is 24.3. The van der Waals surface area contributed by atoms with Crippen LogP contribution in [0.1, 0.15) is 35.6 Å². The fraction of sp³-hybridized carbons (Fsp3) is 0.455. The second-order valence-corrected chi connectivity index (χ2v) is 9.05. The van der Waals surface area contributed by atoms with Crippen LogP contribution in [0, 0.1) is 13.8 Å². The molecule has 27 heavy (non-hydrogen) atoms. The van der Waals surface area contributed by atoms with Crippen LogP contribution in [0.5, 0.6) is 11.5 Å². The second kappa shape index (κ2) is 7.64. The molecule has 1 fully saturated rings. The van der Waals surface area contributed by atoms with Crippen LogP contribution in [0.4, 0.5) is 0 Å². The molecule has 0 aromatic heterocycles. The molecule has 0 saturated carbocycles. The zero-order valence-corrected chi connectivity index (χ0v) is 16.9. The molecule has 2 aliphatic rings. The quantitative estimate of drug-likeness (QED) is 0.784. The number of fused-ring (bicyclic) bond motifs is 1. The lowest BCUT2D eigenvalue weighted by molar-refractivity contribution is 0.0818. The molecule has 144 valence electrons.